The van der Waals surface area contributed by atoms with Crippen molar-refractivity contribution in [1.82, 2.24) is 4.98 Å². The molecule has 39 heavy (non-hydrogen) atoms. The van der Waals surface area contributed by atoms with Crippen molar-refractivity contribution in [2.75, 3.05) is 6.61 Å². The zero-order chi connectivity index (χ0) is 27.9. The van der Waals surface area contributed by atoms with E-state index in [-0.39, 0.29) is 41.4 Å². The number of hydrogen-bond donors (Lipinski definition) is 2. The number of aromatic nitrogens is 1. The Kier molecular flexibility index (Phi) is 5.73. The molecular formula is C30H28F3NO5. The van der Waals surface area contributed by atoms with E-state index in [9.17, 15) is 28.2 Å². The third kappa shape index (κ3) is 4.06. The van der Waals surface area contributed by atoms with Crippen LogP contribution in [0.3, 0.4) is 0 Å². The third-order valence-electron chi connectivity index (χ3n) is 8.36. The van der Waals surface area contributed by atoms with Gasteiger partial charge in [-0.25, -0.2) is 18.2 Å². The van der Waals surface area contributed by atoms with Crippen LogP contribution in [-0.4, -0.2) is 33.4 Å². The van der Waals surface area contributed by atoms with Gasteiger partial charge in [0, 0.05) is 41.6 Å². The van der Waals surface area contributed by atoms with Gasteiger partial charge in [-0.2, -0.15) is 0 Å². The minimum atomic E-state index is -2.89. The molecule has 2 N–H and O–H groups in total. The number of ether oxygens (including phenoxy) is 2. The maximum Gasteiger partial charge on any atom is 0.311 e. The smallest absolute Gasteiger partial charge is 0.311 e. The topological polar surface area (TPSA) is 88.9 Å². The first-order valence-electron chi connectivity index (χ1n) is 12.9. The number of carboxylic acids is 1. The largest absolute Gasteiger partial charge is 0.493 e. The number of alkyl halides is 2. The van der Waals surface area contributed by atoms with Crippen LogP contribution in [0, 0.1) is 24.1 Å². The molecule has 4 aliphatic carbocycles. The number of carboxylic acid groups (broad SMARTS) is 1. The van der Waals surface area contributed by atoms with Crippen molar-refractivity contribution in [2.24, 2.45) is 11.3 Å². The van der Waals surface area contributed by atoms with Gasteiger partial charge in [-0.1, -0.05) is 6.07 Å². The molecule has 6 nitrogen and oxygen atoms in total. The van der Waals surface area contributed by atoms with E-state index in [2.05, 4.69) is 4.98 Å². The Morgan fingerprint density at radius 1 is 1.10 bits per heavy atom. The van der Waals surface area contributed by atoms with Gasteiger partial charge in [-0.3, -0.25) is 4.79 Å². The van der Waals surface area contributed by atoms with E-state index in [1.54, 1.807) is 51.2 Å². The first-order valence-corrected chi connectivity index (χ1v) is 12.9. The van der Waals surface area contributed by atoms with Crippen LogP contribution in [0.25, 0.3) is 11.1 Å². The number of aryl methyl sites for hydroxylation is 1. The quantitative estimate of drug-likeness (QED) is 0.321. The SMILES string of the molecule is Cc1cc(OCCC(C)(C)O)ccc1-c1cc(COc2cc3c(cn2)[C@H]2[C@H]4C3[C@]42C(=O)O)c(F)cc1C(F)F. The van der Waals surface area contributed by atoms with Gasteiger partial charge in [-0.05, 0) is 78.8 Å². The molecule has 1 unspecified atom stereocenters. The second kappa shape index (κ2) is 8.71. The number of aliphatic hydroxyl groups is 1. The van der Waals surface area contributed by atoms with E-state index in [4.69, 9.17) is 9.47 Å². The summed E-state index contributed by atoms with van der Waals surface area (Å²) in [5.41, 5.74) is 1.38. The Morgan fingerprint density at radius 3 is 2.49 bits per heavy atom. The first kappa shape index (κ1) is 25.7. The normalized spacial score (nSPS) is 23.8. The van der Waals surface area contributed by atoms with Crippen molar-refractivity contribution < 1.29 is 37.7 Å². The van der Waals surface area contributed by atoms with Gasteiger partial charge in [-0.15, -0.1) is 0 Å². The lowest BCUT2D eigenvalue weighted by Crippen LogP contribution is -2.21. The van der Waals surface area contributed by atoms with Gasteiger partial charge in [0.05, 0.1) is 17.6 Å². The van der Waals surface area contributed by atoms with Crippen LogP contribution in [0.2, 0.25) is 0 Å². The number of nitrogens with zero attached hydrogens (tertiary/aromatic N) is 1. The fourth-order valence-corrected chi connectivity index (χ4v) is 6.27. The van der Waals surface area contributed by atoms with E-state index in [1.165, 1.54) is 6.07 Å². The van der Waals surface area contributed by atoms with Crippen LogP contribution in [0.4, 0.5) is 13.2 Å². The van der Waals surface area contributed by atoms with Gasteiger partial charge >= 0.3 is 5.97 Å². The highest BCUT2D eigenvalue weighted by molar-refractivity contribution is 5.93. The number of halogens is 3. The molecule has 1 heterocycles. The summed E-state index contributed by atoms with van der Waals surface area (Å²) in [5, 5.41) is 19.4. The van der Waals surface area contributed by atoms with Crippen LogP contribution in [-0.2, 0) is 11.4 Å². The van der Waals surface area contributed by atoms with Gasteiger partial charge < -0.3 is 19.7 Å². The van der Waals surface area contributed by atoms with Crippen molar-refractivity contribution in [3.05, 3.63) is 76.2 Å². The van der Waals surface area contributed by atoms with Crippen LogP contribution >= 0.6 is 0 Å². The second-order valence-electron chi connectivity index (χ2n) is 11.4. The summed E-state index contributed by atoms with van der Waals surface area (Å²) in [7, 11) is 0. The molecule has 0 amide bonds. The van der Waals surface area contributed by atoms with Crippen LogP contribution in [0.15, 0.2) is 42.6 Å². The fourth-order valence-electron chi connectivity index (χ4n) is 6.27. The van der Waals surface area contributed by atoms with E-state index < -0.39 is 34.8 Å². The molecule has 1 aromatic heterocycles. The van der Waals surface area contributed by atoms with Crippen molar-refractivity contribution in [1.29, 1.82) is 0 Å². The number of aliphatic carboxylic acids is 1. The molecule has 2 aromatic carbocycles. The standard InChI is InChI=1S/C30H28F3NO5/c1-14-8-16(38-7-6-29(2,3)37)4-5-17(14)18-9-15(22(31)10-20(18)27(32)33)13-39-23-11-19-21(12-34-23)25-26-24(19)30(25,26)28(35)36/h4-5,8-12,24-27,37H,6-7,13H2,1-3H3,(H,35,36)/t24?,25-,26+,30+/m0/s1. The molecule has 204 valence electrons. The summed E-state index contributed by atoms with van der Waals surface area (Å²) in [6.07, 6.45) is -0.831. The van der Waals surface area contributed by atoms with E-state index in [0.717, 1.165) is 17.2 Å². The third-order valence-corrected chi connectivity index (χ3v) is 8.36. The molecule has 0 radical (unpaired) electrons. The average molecular weight is 540 g/mol. The molecular weight excluding hydrogens is 511 g/mol. The van der Waals surface area contributed by atoms with Gasteiger partial charge in [0.25, 0.3) is 6.43 Å². The average Bonchev–Trinajstić information content (AvgIpc) is 3.65. The predicted molar refractivity (Wildman–Crippen MR) is 136 cm³/mol. The Balaban J connectivity index is 1.22. The predicted octanol–water partition coefficient (Wildman–Crippen LogP) is 6.15. The lowest BCUT2D eigenvalue weighted by molar-refractivity contribution is -0.141. The van der Waals surface area contributed by atoms with E-state index >= 15 is 0 Å². The monoisotopic (exact) mass is 539 g/mol. The number of benzene rings is 2. The minimum Gasteiger partial charge on any atom is -0.493 e. The maximum absolute atomic E-state index is 14.9. The maximum atomic E-state index is 14.9. The Labute approximate surface area is 223 Å². The van der Waals surface area contributed by atoms with Crippen molar-refractivity contribution in [3.8, 4) is 22.8 Å². The molecule has 3 aromatic rings. The molecule has 2 saturated carbocycles. The van der Waals surface area contributed by atoms with E-state index in [1.807, 2.05) is 0 Å². The highest BCUT2D eigenvalue weighted by Gasteiger charge is 2.95. The second-order valence-corrected chi connectivity index (χ2v) is 11.4. The molecule has 4 atom stereocenters. The summed E-state index contributed by atoms with van der Waals surface area (Å²) in [5.74, 6) is -0.653. The molecule has 0 saturated heterocycles. The lowest BCUT2D eigenvalue weighted by Gasteiger charge is -2.18. The van der Waals surface area contributed by atoms with Crippen LogP contribution < -0.4 is 9.47 Å². The molecule has 2 fully saturated rings. The molecule has 7 rings (SSSR count). The summed E-state index contributed by atoms with van der Waals surface area (Å²) in [4.78, 5) is 16.0. The summed E-state index contributed by atoms with van der Waals surface area (Å²) < 4.78 is 54.2. The van der Waals surface area contributed by atoms with Crippen molar-refractivity contribution in [3.63, 3.8) is 0 Å². The zero-order valence-corrected chi connectivity index (χ0v) is 21.7. The highest BCUT2D eigenvalue weighted by Crippen LogP contribution is 2.96. The number of pyridine rings is 1. The van der Waals surface area contributed by atoms with Crippen LogP contribution in [0.5, 0.6) is 11.6 Å². The molecule has 0 aliphatic heterocycles. The fraction of sp³-hybridized carbons (Fsp3) is 0.400. The Bertz CT molecular complexity index is 1500. The Hall–Kier alpha value is -3.59. The van der Waals surface area contributed by atoms with Gasteiger partial charge in [0.1, 0.15) is 18.2 Å². The summed E-state index contributed by atoms with van der Waals surface area (Å²) in [6, 6.07) is 8.98. The minimum absolute atomic E-state index is 0.0148. The van der Waals surface area contributed by atoms with E-state index in [0.29, 0.717) is 29.9 Å². The summed E-state index contributed by atoms with van der Waals surface area (Å²) in [6.45, 7) is 5.19. The zero-order valence-electron chi connectivity index (χ0n) is 21.7. The number of hydrogen-bond acceptors (Lipinski definition) is 5. The lowest BCUT2D eigenvalue weighted by atomic mass is 9.94. The molecule has 9 heteroatoms. The summed E-state index contributed by atoms with van der Waals surface area (Å²) >= 11 is 0. The van der Waals surface area contributed by atoms with Gasteiger partial charge in [0.15, 0.2) is 0 Å². The van der Waals surface area contributed by atoms with Crippen molar-refractivity contribution >= 4 is 5.97 Å². The molecule has 4 aliphatic rings. The van der Waals surface area contributed by atoms with Crippen molar-refractivity contribution in [2.45, 2.75) is 57.7 Å². The first-order chi connectivity index (χ1) is 18.4. The highest BCUT2D eigenvalue weighted by atomic mass is 19.3. The van der Waals surface area contributed by atoms with Gasteiger partial charge in [0.2, 0.25) is 5.88 Å². The number of carbonyl (C=O) groups is 1. The molecule has 2 bridgehead atoms. The number of rotatable bonds is 10. The molecule has 0 spiro atoms. The Morgan fingerprint density at radius 2 is 1.85 bits per heavy atom. The van der Waals surface area contributed by atoms with Crippen LogP contribution in [0.1, 0.15) is 66.3 Å².